The molecule has 8 nitrogen and oxygen atoms in total. The van der Waals surface area contributed by atoms with Gasteiger partial charge in [-0.25, -0.2) is 9.97 Å². The number of rotatable bonds is 5. The van der Waals surface area contributed by atoms with E-state index in [9.17, 15) is 0 Å². The molecule has 0 radical (unpaired) electrons. The SMILES string of the molecule is COc1ncnc(N)c1CNc1cccc(-c2nncn2C)c1. The Balaban J connectivity index is 1.81. The lowest BCUT2D eigenvalue weighted by molar-refractivity contribution is 0.392. The predicted octanol–water partition coefficient (Wildman–Crippen LogP) is 1.47. The average Bonchev–Trinajstić information content (AvgIpc) is 3.00. The maximum Gasteiger partial charge on any atom is 0.223 e. The van der Waals surface area contributed by atoms with E-state index in [1.807, 2.05) is 35.9 Å². The van der Waals surface area contributed by atoms with Gasteiger partial charge >= 0.3 is 0 Å². The molecule has 0 spiro atoms. The Kier molecular flexibility index (Phi) is 4.05. The van der Waals surface area contributed by atoms with E-state index in [1.54, 1.807) is 13.4 Å². The lowest BCUT2D eigenvalue weighted by Crippen LogP contribution is -2.08. The van der Waals surface area contributed by atoms with Crippen LogP contribution in [0.1, 0.15) is 5.56 Å². The van der Waals surface area contributed by atoms with Crippen molar-refractivity contribution in [1.82, 2.24) is 24.7 Å². The van der Waals surface area contributed by atoms with Crippen molar-refractivity contribution in [2.75, 3.05) is 18.2 Å². The van der Waals surface area contributed by atoms with Crippen molar-refractivity contribution in [3.8, 4) is 17.3 Å². The molecule has 0 aliphatic rings. The summed E-state index contributed by atoms with van der Waals surface area (Å²) in [5.41, 5.74) is 8.51. The summed E-state index contributed by atoms with van der Waals surface area (Å²) >= 11 is 0. The molecule has 0 atom stereocenters. The number of aromatic nitrogens is 5. The molecule has 3 aromatic rings. The molecule has 0 bridgehead atoms. The van der Waals surface area contributed by atoms with E-state index in [0.29, 0.717) is 18.2 Å². The van der Waals surface area contributed by atoms with E-state index < -0.39 is 0 Å². The fourth-order valence-corrected chi connectivity index (χ4v) is 2.25. The normalized spacial score (nSPS) is 10.5. The number of hydrogen-bond acceptors (Lipinski definition) is 7. The number of nitrogens with two attached hydrogens (primary N) is 1. The Bertz CT molecular complexity index is 815. The van der Waals surface area contributed by atoms with Crippen molar-refractivity contribution in [1.29, 1.82) is 0 Å². The fraction of sp³-hybridized carbons (Fsp3) is 0.200. The highest BCUT2D eigenvalue weighted by Crippen LogP contribution is 2.23. The first-order chi connectivity index (χ1) is 11.2. The van der Waals surface area contributed by atoms with Crippen molar-refractivity contribution in [2.45, 2.75) is 6.54 Å². The van der Waals surface area contributed by atoms with Gasteiger partial charge in [-0.3, -0.25) is 0 Å². The second-order valence-corrected chi connectivity index (χ2v) is 4.95. The molecule has 1 aromatic carbocycles. The van der Waals surface area contributed by atoms with Gasteiger partial charge in [0.25, 0.3) is 0 Å². The predicted molar refractivity (Wildman–Crippen MR) is 86.8 cm³/mol. The topological polar surface area (TPSA) is 104 Å². The molecule has 2 aromatic heterocycles. The average molecular weight is 311 g/mol. The second-order valence-electron chi connectivity index (χ2n) is 4.95. The Labute approximate surface area is 133 Å². The Hall–Kier alpha value is -3.16. The van der Waals surface area contributed by atoms with Crippen LogP contribution in [0.5, 0.6) is 5.88 Å². The molecule has 0 aliphatic heterocycles. The van der Waals surface area contributed by atoms with Gasteiger partial charge in [-0.2, -0.15) is 0 Å². The zero-order chi connectivity index (χ0) is 16.2. The number of nitrogens with zero attached hydrogens (tertiary/aromatic N) is 5. The summed E-state index contributed by atoms with van der Waals surface area (Å²) in [7, 11) is 3.46. The van der Waals surface area contributed by atoms with Crippen molar-refractivity contribution in [2.24, 2.45) is 7.05 Å². The van der Waals surface area contributed by atoms with Crippen molar-refractivity contribution in [3.05, 3.63) is 42.5 Å². The van der Waals surface area contributed by atoms with Gasteiger partial charge in [-0.1, -0.05) is 12.1 Å². The minimum atomic E-state index is 0.397. The van der Waals surface area contributed by atoms with Gasteiger partial charge in [0.1, 0.15) is 18.5 Å². The van der Waals surface area contributed by atoms with Gasteiger partial charge in [0.05, 0.1) is 12.7 Å². The third-order valence-electron chi connectivity index (χ3n) is 3.43. The van der Waals surface area contributed by atoms with Gasteiger partial charge in [0.15, 0.2) is 5.82 Å². The van der Waals surface area contributed by atoms with Gasteiger partial charge in [0, 0.05) is 24.8 Å². The van der Waals surface area contributed by atoms with Crippen LogP contribution < -0.4 is 15.8 Å². The highest BCUT2D eigenvalue weighted by atomic mass is 16.5. The van der Waals surface area contributed by atoms with E-state index in [2.05, 4.69) is 25.5 Å². The van der Waals surface area contributed by atoms with Crippen LogP contribution in [0.25, 0.3) is 11.4 Å². The van der Waals surface area contributed by atoms with Gasteiger partial charge in [-0.15, -0.1) is 10.2 Å². The van der Waals surface area contributed by atoms with Gasteiger partial charge < -0.3 is 20.4 Å². The Morgan fingerprint density at radius 3 is 2.91 bits per heavy atom. The van der Waals surface area contributed by atoms with Crippen molar-refractivity contribution < 1.29 is 4.74 Å². The van der Waals surface area contributed by atoms with Crippen LogP contribution >= 0.6 is 0 Å². The molecule has 0 amide bonds. The summed E-state index contributed by atoms with van der Waals surface area (Å²) in [5.74, 6) is 1.66. The van der Waals surface area contributed by atoms with Gasteiger partial charge in [0.2, 0.25) is 5.88 Å². The number of nitrogens with one attached hydrogen (secondary N) is 1. The fourth-order valence-electron chi connectivity index (χ4n) is 2.25. The number of nitrogen functional groups attached to an aromatic ring is 1. The molecule has 23 heavy (non-hydrogen) atoms. The highest BCUT2D eigenvalue weighted by molar-refractivity contribution is 5.62. The van der Waals surface area contributed by atoms with Crippen LogP contribution in [0, 0.1) is 0 Å². The summed E-state index contributed by atoms with van der Waals surface area (Å²) in [6.45, 7) is 0.456. The third-order valence-corrected chi connectivity index (χ3v) is 3.43. The second kappa shape index (κ2) is 6.30. The summed E-state index contributed by atoms with van der Waals surface area (Å²) < 4.78 is 7.09. The quantitative estimate of drug-likeness (QED) is 0.735. The summed E-state index contributed by atoms with van der Waals surface area (Å²) in [6.07, 6.45) is 3.05. The highest BCUT2D eigenvalue weighted by Gasteiger charge is 2.10. The molecule has 0 fully saturated rings. The van der Waals surface area contributed by atoms with Crippen LogP contribution in [0.15, 0.2) is 36.9 Å². The van der Waals surface area contributed by atoms with Crippen LogP contribution in [0.2, 0.25) is 0 Å². The zero-order valence-electron chi connectivity index (χ0n) is 12.9. The third kappa shape index (κ3) is 3.05. The molecule has 2 heterocycles. The lowest BCUT2D eigenvalue weighted by Gasteiger charge is -2.12. The summed E-state index contributed by atoms with van der Waals surface area (Å²) in [5, 5.41) is 11.3. The van der Waals surface area contributed by atoms with Gasteiger partial charge in [-0.05, 0) is 12.1 Å². The molecular formula is C15H17N7O. The largest absolute Gasteiger partial charge is 0.481 e. The molecule has 118 valence electrons. The molecule has 0 aliphatic carbocycles. The lowest BCUT2D eigenvalue weighted by atomic mass is 10.2. The molecule has 0 unspecified atom stereocenters. The molecule has 8 heteroatoms. The first-order valence-electron chi connectivity index (χ1n) is 7.00. The van der Waals surface area contributed by atoms with Crippen LogP contribution in [-0.2, 0) is 13.6 Å². The van der Waals surface area contributed by atoms with E-state index >= 15 is 0 Å². The smallest absolute Gasteiger partial charge is 0.223 e. The maximum absolute atomic E-state index is 5.90. The number of aryl methyl sites for hydroxylation is 1. The standard InChI is InChI=1S/C15H17N7O/c1-22-9-20-21-14(22)10-4-3-5-11(6-10)17-7-12-13(16)18-8-19-15(12)23-2/h3-6,8-9,17H,7H2,1-2H3,(H2,16,18,19). The van der Waals surface area contributed by atoms with Crippen LogP contribution in [0.3, 0.4) is 0 Å². The number of anilines is 2. The first kappa shape index (κ1) is 14.8. The van der Waals surface area contributed by atoms with E-state index in [1.165, 1.54) is 6.33 Å². The minimum Gasteiger partial charge on any atom is -0.481 e. The zero-order valence-corrected chi connectivity index (χ0v) is 12.9. The number of benzene rings is 1. The Morgan fingerprint density at radius 2 is 2.17 bits per heavy atom. The van der Waals surface area contributed by atoms with Crippen molar-refractivity contribution >= 4 is 11.5 Å². The van der Waals surface area contributed by atoms with Crippen molar-refractivity contribution in [3.63, 3.8) is 0 Å². The molecule has 0 saturated heterocycles. The monoisotopic (exact) mass is 311 g/mol. The van der Waals surface area contributed by atoms with Crippen LogP contribution in [0.4, 0.5) is 11.5 Å². The van der Waals surface area contributed by atoms with E-state index in [4.69, 9.17) is 10.5 Å². The first-order valence-corrected chi connectivity index (χ1v) is 7.00. The van der Waals surface area contributed by atoms with E-state index in [0.717, 1.165) is 22.6 Å². The van der Waals surface area contributed by atoms with Crippen LogP contribution in [-0.4, -0.2) is 31.8 Å². The number of hydrogen-bond donors (Lipinski definition) is 2. The molecular weight excluding hydrogens is 294 g/mol. The number of methoxy groups -OCH3 is 1. The summed E-state index contributed by atoms with van der Waals surface area (Å²) in [4.78, 5) is 8.06. The maximum atomic E-state index is 5.90. The van der Waals surface area contributed by atoms with E-state index in [-0.39, 0.29) is 0 Å². The molecule has 3 rings (SSSR count). The number of ether oxygens (including phenoxy) is 1. The molecule has 0 saturated carbocycles. The summed E-state index contributed by atoms with van der Waals surface area (Å²) in [6, 6.07) is 7.90. The Morgan fingerprint density at radius 1 is 1.30 bits per heavy atom. The minimum absolute atomic E-state index is 0.397. The molecule has 3 N–H and O–H groups in total.